The van der Waals surface area contributed by atoms with Gasteiger partial charge in [-0.25, -0.2) is 0 Å². The standard InChI is InChI=1S/C14H7N5O2/c1-12(10-2-4-11(5-3-10)19(20)21)13(6-15,7-16)14(12,8-17)9-18/h2-5H,1H3. The molecule has 1 aliphatic rings. The van der Waals surface area contributed by atoms with Gasteiger partial charge in [-0.1, -0.05) is 19.1 Å². The Labute approximate surface area is 120 Å². The van der Waals surface area contributed by atoms with Gasteiger partial charge in [-0.2, -0.15) is 21.0 Å². The zero-order valence-corrected chi connectivity index (χ0v) is 10.9. The van der Waals surface area contributed by atoms with Gasteiger partial charge in [0.15, 0.2) is 10.8 Å². The normalized spacial score (nSPS) is 19.1. The lowest BCUT2D eigenvalue weighted by atomic mass is 9.87. The van der Waals surface area contributed by atoms with Crippen LogP contribution in [0.1, 0.15) is 12.5 Å². The van der Waals surface area contributed by atoms with Gasteiger partial charge in [-0.05, 0) is 5.56 Å². The Morgan fingerprint density at radius 3 is 1.62 bits per heavy atom. The third-order valence-electron chi connectivity index (χ3n) is 4.33. The van der Waals surface area contributed by atoms with E-state index in [9.17, 15) is 31.2 Å². The number of hydrogen-bond donors (Lipinski definition) is 0. The van der Waals surface area contributed by atoms with E-state index in [2.05, 4.69) is 0 Å². The number of hydrogen-bond acceptors (Lipinski definition) is 6. The lowest BCUT2D eigenvalue weighted by molar-refractivity contribution is -0.384. The average Bonchev–Trinajstić information content (AvgIpc) is 3.01. The van der Waals surface area contributed by atoms with Crippen LogP contribution in [0, 0.1) is 66.3 Å². The molecule has 0 amide bonds. The first-order valence-electron chi connectivity index (χ1n) is 5.80. The number of nitrogens with zero attached hydrogens (tertiary/aromatic N) is 5. The van der Waals surface area contributed by atoms with Gasteiger partial charge in [0.25, 0.3) is 5.69 Å². The minimum atomic E-state index is -1.79. The molecule has 0 radical (unpaired) electrons. The van der Waals surface area contributed by atoms with Gasteiger partial charge in [-0.3, -0.25) is 10.1 Å². The molecule has 0 aliphatic heterocycles. The van der Waals surface area contributed by atoms with Gasteiger partial charge in [-0.15, -0.1) is 0 Å². The summed E-state index contributed by atoms with van der Waals surface area (Å²) in [5, 5.41) is 47.9. The molecule has 1 saturated carbocycles. The van der Waals surface area contributed by atoms with Crippen LogP contribution in [-0.2, 0) is 5.41 Å². The lowest BCUT2D eigenvalue weighted by Crippen LogP contribution is -2.13. The minimum absolute atomic E-state index is 0.151. The maximum Gasteiger partial charge on any atom is 0.269 e. The monoisotopic (exact) mass is 277 g/mol. The summed E-state index contributed by atoms with van der Waals surface area (Å²) < 4.78 is 0. The first-order chi connectivity index (χ1) is 9.90. The molecule has 7 nitrogen and oxygen atoms in total. The zero-order valence-electron chi connectivity index (χ0n) is 10.9. The number of rotatable bonds is 2. The molecule has 0 saturated heterocycles. The molecule has 1 fully saturated rings. The summed E-state index contributed by atoms with van der Waals surface area (Å²) in [4.78, 5) is 10.1. The van der Waals surface area contributed by atoms with E-state index in [1.54, 1.807) is 24.3 Å². The molecule has 0 atom stereocenters. The molecule has 1 aliphatic carbocycles. The summed E-state index contributed by atoms with van der Waals surface area (Å²) in [5.41, 5.74) is -4.68. The molecule has 0 unspecified atom stereocenters. The minimum Gasteiger partial charge on any atom is -0.258 e. The third-order valence-corrected chi connectivity index (χ3v) is 4.33. The van der Waals surface area contributed by atoms with Crippen LogP contribution in [0.2, 0.25) is 0 Å². The van der Waals surface area contributed by atoms with Crippen molar-refractivity contribution in [1.82, 2.24) is 0 Å². The predicted octanol–water partition coefficient (Wildman–Crippen LogP) is 1.93. The summed E-state index contributed by atoms with van der Waals surface area (Å²) in [6.07, 6.45) is 0. The summed E-state index contributed by atoms with van der Waals surface area (Å²) in [6.45, 7) is 1.48. The van der Waals surface area contributed by atoms with Gasteiger partial charge in [0.1, 0.15) is 0 Å². The highest BCUT2D eigenvalue weighted by Crippen LogP contribution is 2.77. The maximum atomic E-state index is 10.7. The highest BCUT2D eigenvalue weighted by atomic mass is 16.6. The average molecular weight is 277 g/mol. The highest BCUT2D eigenvalue weighted by Gasteiger charge is 2.90. The van der Waals surface area contributed by atoms with Crippen LogP contribution < -0.4 is 0 Å². The molecule has 0 bridgehead atoms. The number of benzene rings is 1. The first kappa shape index (κ1) is 14.0. The van der Waals surface area contributed by atoms with E-state index in [0.29, 0.717) is 5.56 Å². The molecule has 7 heteroatoms. The van der Waals surface area contributed by atoms with Gasteiger partial charge < -0.3 is 0 Å². The Bertz CT molecular complexity index is 732. The van der Waals surface area contributed by atoms with E-state index < -0.39 is 21.2 Å². The van der Waals surface area contributed by atoms with Crippen molar-refractivity contribution in [2.75, 3.05) is 0 Å². The van der Waals surface area contributed by atoms with Crippen LogP contribution in [-0.4, -0.2) is 4.92 Å². The van der Waals surface area contributed by atoms with Crippen LogP contribution >= 0.6 is 0 Å². The van der Waals surface area contributed by atoms with Crippen LogP contribution in [0.4, 0.5) is 5.69 Å². The predicted molar refractivity (Wildman–Crippen MR) is 67.8 cm³/mol. The quantitative estimate of drug-likeness (QED) is 0.597. The van der Waals surface area contributed by atoms with Crippen molar-refractivity contribution in [2.24, 2.45) is 10.8 Å². The maximum absolute atomic E-state index is 10.7. The Morgan fingerprint density at radius 1 is 0.952 bits per heavy atom. The van der Waals surface area contributed by atoms with Gasteiger partial charge in [0, 0.05) is 12.1 Å². The molecule has 2 rings (SSSR count). The first-order valence-corrected chi connectivity index (χ1v) is 5.80. The highest BCUT2D eigenvalue weighted by molar-refractivity contribution is 5.64. The molecule has 1 aromatic carbocycles. The third kappa shape index (κ3) is 1.23. The van der Waals surface area contributed by atoms with Crippen molar-refractivity contribution >= 4 is 5.69 Å². The van der Waals surface area contributed by atoms with Crippen molar-refractivity contribution in [3.8, 4) is 24.3 Å². The van der Waals surface area contributed by atoms with Crippen LogP contribution in [0.15, 0.2) is 24.3 Å². The Balaban J connectivity index is 2.66. The van der Waals surface area contributed by atoms with E-state index in [1.807, 2.05) is 0 Å². The fourth-order valence-electron chi connectivity index (χ4n) is 2.90. The smallest absolute Gasteiger partial charge is 0.258 e. The molecule has 0 heterocycles. The van der Waals surface area contributed by atoms with E-state index >= 15 is 0 Å². The van der Waals surface area contributed by atoms with Crippen molar-refractivity contribution in [3.63, 3.8) is 0 Å². The Hall–Kier alpha value is -3.42. The van der Waals surface area contributed by atoms with Crippen LogP contribution in [0.5, 0.6) is 0 Å². The molecular weight excluding hydrogens is 270 g/mol. The molecule has 21 heavy (non-hydrogen) atoms. The van der Waals surface area contributed by atoms with Crippen molar-refractivity contribution in [1.29, 1.82) is 21.0 Å². The van der Waals surface area contributed by atoms with E-state index in [4.69, 9.17) is 0 Å². The van der Waals surface area contributed by atoms with Gasteiger partial charge >= 0.3 is 0 Å². The summed E-state index contributed by atoms with van der Waals surface area (Å²) in [7, 11) is 0. The fourth-order valence-corrected chi connectivity index (χ4v) is 2.90. The van der Waals surface area contributed by atoms with E-state index in [-0.39, 0.29) is 5.69 Å². The zero-order chi connectivity index (χ0) is 15.9. The molecule has 0 aromatic heterocycles. The number of nitriles is 4. The van der Waals surface area contributed by atoms with Gasteiger partial charge in [0.05, 0.1) is 34.6 Å². The lowest BCUT2D eigenvalue weighted by Gasteiger charge is -2.11. The molecule has 0 N–H and O–H groups in total. The Morgan fingerprint density at radius 2 is 1.33 bits per heavy atom. The second kappa shape index (κ2) is 4.04. The molecule has 0 spiro atoms. The van der Waals surface area contributed by atoms with Crippen LogP contribution in [0.3, 0.4) is 0 Å². The van der Waals surface area contributed by atoms with Crippen molar-refractivity contribution in [3.05, 3.63) is 39.9 Å². The number of nitro groups is 1. The SMILES string of the molecule is CC1(c2ccc([N+](=O)[O-])cc2)C(C#N)(C#N)C1(C#N)C#N. The molecule has 1 aromatic rings. The Kier molecular flexibility index (Phi) is 2.69. The number of non-ortho nitro benzene ring substituents is 1. The second-order valence-electron chi connectivity index (χ2n) is 4.88. The van der Waals surface area contributed by atoms with Crippen molar-refractivity contribution in [2.45, 2.75) is 12.3 Å². The topological polar surface area (TPSA) is 138 Å². The van der Waals surface area contributed by atoms with Gasteiger partial charge in [0.2, 0.25) is 0 Å². The summed E-state index contributed by atoms with van der Waals surface area (Å²) in [6, 6.07) is 12.3. The van der Waals surface area contributed by atoms with E-state index in [1.165, 1.54) is 31.2 Å². The van der Waals surface area contributed by atoms with Crippen molar-refractivity contribution < 1.29 is 4.92 Å². The summed E-state index contributed by atoms with van der Waals surface area (Å²) >= 11 is 0. The fraction of sp³-hybridized carbons (Fsp3) is 0.286. The van der Waals surface area contributed by atoms with E-state index in [0.717, 1.165) is 0 Å². The largest absolute Gasteiger partial charge is 0.269 e. The van der Waals surface area contributed by atoms with Crippen LogP contribution in [0.25, 0.3) is 0 Å². The molecule has 100 valence electrons. The molecular formula is C14H7N5O2. The second-order valence-corrected chi connectivity index (χ2v) is 4.88. The summed E-state index contributed by atoms with van der Waals surface area (Å²) in [5.74, 6) is 0. The number of nitro benzene ring substituents is 1.